The van der Waals surface area contributed by atoms with Crippen molar-refractivity contribution < 1.29 is 28.7 Å². The molecule has 1 aromatic rings. The lowest BCUT2D eigenvalue weighted by Crippen LogP contribution is -2.32. The van der Waals surface area contributed by atoms with E-state index in [9.17, 15) is 4.79 Å². The molecule has 1 amide bonds. The molecule has 1 heterocycles. The number of hydrogen-bond acceptors (Lipinski definition) is 6. The maximum Gasteiger partial charge on any atom is 0.709 e. The summed E-state index contributed by atoms with van der Waals surface area (Å²) < 4.78 is 14.6. The van der Waals surface area contributed by atoms with Gasteiger partial charge in [0.15, 0.2) is 0 Å². The summed E-state index contributed by atoms with van der Waals surface area (Å²) in [7, 11) is -1.94. The van der Waals surface area contributed by atoms with Crippen LogP contribution in [0.4, 0.5) is 4.79 Å². The van der Waals surface area contributed by atoms with Crippen molar-refractivity contribution in [3.63, 3.8) is 0 Å². The Morgan fingerprint density at radius 2 is 2.11 bits per heavy atom. The fourth-order valence-corrected chi connectivity index (χ4v) is 1.09. The van der Waals surface area contributed by atoms with E-state index < -0.39 is 19.0 Å². The van der Waals surface area contributed by atoms with Crippen LogP contribution in [0.2, 0.25) is 0 Å². The molecule has 0 saturated carbocycles. The summed E-state index contributed by atoms with van der Waals surface area (Å²) in [5.74, 6) is 0.350. The lowest BCUT2D eigenvalue weighted by Gasteiger charge is -2.19. The molecule has 0 aliphatic rings. The van der Waals surface area contributed by atoms with E-state index in [1.54, 1.807) is 20.8 Å². The standard InChI is InChI=1S/C10H16BNO6/c1-10(2,3)17-9(13)12-6-7-4-5-8(16-7)18-11(14)15/h4-5,14-15H,6H2,1-3H3,(H,12,13). The largest absolute Gasteiger partial charge is 0.709 e. The highest BCUT2D eigenvalue weighted by Crippen LogP contribution is 2.16. The Morgan fingerprint density at radius 1 is 1.44 bits per heavy atom. The average molecular weight is 257 g/mol. The molecule has 8 heteroatoms. The zero-order chi connectivity index (χ0) is 13.8. The third kappa shape index (κ3) is 5.60. The van der Waals surface area contributed by atoms with Gasteiger partial charge in [-0.25, -0.2) is 4.79 Å². The summed E-state index contributed by atoms with van der Waals surface area (Å²) in [5, 5.41) is 19.6. The van der Waals surface area contributed by atoms with Gasteiger partial charge < -0.3 is 29.2 Å². The van der Waals surface area contributed by atoms with Crippen molar-refractivity contribution in [1.29, 1.82) is 0 Å². The first-order valence-electron chi connectivity index (χ1n) is 5.34. The molecule has 0 unspecified atom stereocenters. The summed E-state index contributed by atoms with van der Waals surface area (Å²) in [6.45, 7) is 5.38. The second kappa shape index (κ2) is 5.79. The van der Waals surface area contributed by atoms with Gasteiger partial charge in [0.25, 0.3) is 5.95 Å². The van der Waals surface area contributed by atoms with Crippen molar-refractivity contribution in [3.8, 4) is 5.95 Å². The van der Waals surface area contributed by atoms with E-state index in [2.05, 4.69) is 9.97 Å². The lowest BCUT2D eigenvalue weighted by molar-refractivity contribution is 0.0519. The summed E-state index contributed by atoms with van der Waals surface area (Å²) in [5.41, 5.74) is -0.567. The van der Waals surface area contributed by atoms with E-state index in [4.69, 9.17) is 19.2 Å². The van der Waals surface area contributed by atoms with Crippen LogP contribution in [0.3, 0.4) is 0 Å². The minimum Gasteiger partial charge on any atom is -0.485 e. The van der Waals surface area contributed by atoms with Gasteiger partial charge in [0.05, 0.1) is 6.54 Å². The maximum absolute atomic E-state index is 11.3. The number of nitrogens with one attached hydrogen (secondary N) is 1. The zero-order valence-electron chi connectivity index (χ0n) is 10.5. The van der Waals surface area contributed by atoms with Gasteiger partial charge in [-0.3, -0.25) is 0 Å². The highest BCUT2D eigenvalue weighted by atomic mass is 16.7. The molecule has 1 rings (SSSR count). The van der Waals surface area contributed by atoms with Crippen LogP contribution in [0.1, 0.15) is 26.5 Å². The molecular weight excluding hydrogens is 241 g/mol. The molecule has 0 aromatic carbocycles. The third-order valence-electron chi connectivity index (χ3n) is 1.66. The molecule has 0 bridgehead atoms. The predicted molar refractivity (Wildman–Crippen MR) is 62.6 cm³/mol. The minimum atomic E-state index is -1.94. The molecule has 0 radical (unpaired) electrons. The summed E-state index contributed by atoms with van der Waals surface area (Å²) >= 11 is 0. The van der Waals surface area contributed by atoms with Crippen LogP contribution in [0, 0.1) is 0 Å². The lowest BCUT2D eigenvalue weighted by atomic mass is 10.2. The van der Waals surface area contributed by atoms with Gasteiger partial charge in [-0.05, 0) is 26.8 Å². The minimum absolute atomic E-state index is 0.0500. The number of carbonyl (C=O) groups excluding carboxylic acids is 1. The molecule has 0 saturated heterocycles. The van der Waals surface area contributed by atoms with Gasteiger partial charge in [-0.2, -0.15) is 0 Å². The second-order valence-electron chi connectivity index (χ2n) is 4.52. The van der Waals surface area contributed by atoms with E-state index in [1.807, 2.05) is 0 Å². The predicted octanol–water partition coefficient (Wildman–Crippen LogP) is 0.653. The van der Waals surface area contributed by atoms with Crippen molar-refractivity contribution in [2.24, 2.45) is 0 Å². The molecule has 0 aliphatic heterocycles. The Labute approximate surface area is 105 Å². The van der Waals surface area contributed by atoms with Crippen LogP contribution in [-0.4, -0.2) is 29.1 Å². The van der Waals surface area contributed by atoms with Gasteiger partial charge in [0.2, 0.25) is 0 Å². The zero-order valence-corrected chi connectivity index (χ0v) is 10.5. The highest BCUT2D eigenvalue weighted by molar-refractivity contribution is 6.33. The van der Waals surface area contributed by atoms with Crippen molar-refractivity contribution in [2.75, 3.05) is 0 Å². The average Bonchev–Trinajstić information content (AvgIpc) is 2.59. The molecule has 0 fully saturated rings. The number of amides is 1. The topological polar surface area (TPSA) is 101 Å². The van der Waals surface area contributed by atoms with Crippen LogP contribution in [0.5, 0.6) is 5.95 Å². The van der Waals surface area contributed by atoms with Crippen molar-refractivity contribution >= 4 is 13.4 Å². The van der Waals surface area contributed by atoms with Crippen LogP contribution in [-0.2, 0) is 11.3 Å². The van der Waals surface area contributed by atoms with Crippen molar-refractivity contribution in [1.82, 2.24) is 5.32 Å². The Hall–Kier alpha value is -1.67. The number of furan rings is 1. The van der Waals surface area contributed by atoms with Crippen LogP contribution >= 0.6 is 0 Å². The van der Waals surface area contributed by atoms with E-state index >= 15 is 0 Å². The van der Waals surface area contributed by atoms with Gasteiger partial charge in [0, 0.05) is 6.07 Å². The number of carbonyl (C=O) groups is 1. The van der Waals surface area contributed by atoms with E-state index in [0.29, 0.717) is 5.76 Å². The molecular formula is C10H16BNO6. The monoisotopic (exact) mass is 257 g/mol. The molecule has 7 nitrogen and oxygen atoms in total. The Morgan fingerprint density at radius 3 is 2.67 bits per heavy atom. The molecule has 0 spiro atoms. The number of rotatable bonds is 4. The van der Waals surface area contributed by atoms with Crippen LogP contribution < -0.4 is 9.97 Å². The Kier molecular flexibility index (Phi) is 4.63. The maximum atomic E-state index is 11.3. The van der Waals surface area contributed by atoms with E-state index in [0.717, 1.165) is 0 Å². The first-order chi connectivity index (χ1) is 8.26. The summed E-state index contributed by atoms with van der Waals surface area (Å²) in [6, 6.07) is 2.95. The molecule has 3 N–H and O–H groups in total. The Balaban J connectivity index is 2.39. The third-order valence-corrected chi connectivity index (χ3v) is 1.66. The van der Waals surface area contributed by atoms with Gasteiger partial charge >= 0.3 is 13.4 Å². The smallest absolute Gasteiger partial charge is 0.485 e. The van der Waals surface area contributed by atoms with Gasteiger partial charge in [-0.1, -0.05) is 0 Å². The first kappa shape index (κ1) is 14.4. The number of hydrogen-bond donors (Lipinski definition) is 3. The molecule has 0 atom stereocenters. The molecule has 1 aromatic heterocycles. The van der Waals surface area contributed by atoms with Gasteiger partial charge in [-0.15, -0.1) is 0 Å². The van der Waals surface area contributed by atoms with E-state index in [1.165, 1.54) is 12.1 Å². The number of alkyl carbamates (subject to hydrolysis) is 1. The van der Waals surface area contributed by atoms with E-state index in [-0.39, 0.29) is 12.5 Å². The van der Waals surface area contributed by atoms with Crippen molar-refractivity contribution in [2.45, 2.75) is 32.9 Å². The normalized spacial score (nSPS) is 10.9. The summed E-state index contributed by atoms with van der Waals surface area (Å²) in [4.78, 5) is 11.3. The number of ether oxygens (including phenoxy) is 1. The molecule has 100 valence electrons. The second-order valence-corrected chi connectivity index (χ2v) is 4.52. The SMILES string of the molecule is CC(C)(C)OC(=O)NCc1ccc(OB(O)O)o1. The Bertz CT molecular complexity index is 397. The highest BCUT2D eigenvalue weighted by Gasteiger charge is 2.17. The molecule has 18 heavy (non-hydrogen) atoms. The fraction of sp³-hybridized carbons (Fsp3) is 0.500. The van der Waals surface area contributed by atoms with Crippen LogP contribution in [0.25, 0.3) is 0 Å². The quantitative estimate of drug-likeness (QED) is 0.684. The fourth-order valence-electron chi connectivity index (χ4n) is 1.09. The van der Waals surface area contributed by atoms with Crippen molar-refractivity contribution in [3.05, 3.63) is 17.9 Å². The summed E-state index contributed by atoms with van der Waals surface area (Å²) in [6.07, 6.45) is -0.566. The first-order valence-corrected chi connectivity index (χ1v) is 5.34. The molecule has 0 aliphatic carbocycles. The van der Waals surface area contributed by atoms with Gasteiger partial charge in [0.1, 0.15) is 11.4 Å². The van der Waals surface area contributed by atoms with Crippen LogP contribution in [0.15, 0.2) is 16.5 Å².